The maximum absolute atomic E-state index is 5.45. The molecular weight excluding hydrogens is 128 g/mol. The lowest BCUT2D eigenvalue weighted by molar-refractivity contribution is -0.153. The highest BCUT2D eigenvalue weighted by molar-refractivity contribution is 4.97. The van der Waals surface area contributed by atoms with Gasteiger partial charge in [-0.25, -0.2) is 0 Å². The Morgan fingerprint density at radius 1 is 1.30 bits per heavy atom. The zero-order valence-electron chi connectivity index (χ0n) is 5.88. The molecule has 0 amide bonds. The van der Waals surface area contributed by atoms with Gasteiger partial charge in [0.2, 0.25) is 0 Å². The predicted octanol–water partition coefficient (Wildman–Crippen LogP) is 1.63. The van der Waals surface area contributed by atoms with E-state index in [-0.39, 0.29) is 5.79 Å². The molecule has 0 aromatic heterocycles. The van der Waals surface area contributed by atoms with Crippen molar-refractivity contribution in [3.63, 3.8) is 0 Å². The Morgan fingerprint density at radius 2 is 2.30 bits per heavy atom. The summed E-state index contributed by atoms with van der Waals surface area (Å²) in [6.07, 6.45) is 7.29. The minimum Gasteiger partial charge on any atom is -0.347 e. The molecule has 0 bridgehead atoms. The molecule has 2 heteroatoms. The SMILES string of the molecule is [CH]1COC2(CC=CCC2)O1. The highest BCUT2D eigenvalue weighted by Gasteiger charge is 2.35. The van der Waals surface area contributed by atoms with Gasteiger partial charge in [0.15, 0.2) is 5.79 Å². The monoisotopic (exact) mass is 139 g/mol. The second-order valence-electron chi connectivity index (χ2n) is 2.72. The Bertz CT molecular complexity index is 145. The smallest absolute Gasteiger partial charge is 0.172 e. The van der Waals surface area contributed by atoms with Crippen LogP contribution in [0.25, 0.3) is 0 Å². The minimum absolute atomic E-state index is 0.269. The van der Waals surface area contributed by atoms with Crippen molar-refractivity contribution >= 4 is 0 Å². The molecule has 1 atom stereocenters. The van der Waals surface area contributed by atoms with Gasteiger partial charge in [0.25, 0.3) is 0 Å². The van der Waals surface area contributed by atoms with Gasteiger partial charge in [0, 0.05) is 12.8 Å². The van der Waals surface area contributed by atoms with Crippen molar-refractivity contribution in [2.24, 2.45) is 0 Å². The van der Waals surface area contributed by atoms with Gasteiger partial charge < -0.3 is 9.47 Å². The summed E-state index contributed by atoms with van der Waals surface area (Å²) >= 11 is 0. The van der Waals surface area contributed by atoms with E-state index in [2.05, 4.69) is 12.2 Å². The zero-order chi connectivity index (χ0) is 6.86. The summed E-state index contributed by atoms with van der Waals surface area (Å²) in [5.41, 5.74) is 0. The van der Waals surface area contributed by atoms with Crippen molar-refractivity contribution in [2.45, 2.75) is 25.0 Å². The van der Waals surface area contributed by atoms with Crippen LogP contribution in [0.3, 0.4) is 0 Å². The predicted molar refractivity (Wildman–Crippen MR) is 37.1 cm³/mol. The van der Waals surface area contributed by atoms with Crippen molar-refractivity contribution in [3.8, 4) is 0 Å². The molecule has 1 heterocycles. The first-order chi connectivity index (χ1) is 4.91. The maximum Gasteiger partial charge on any atom is 0.172 e. The molecule has 0 N–H and O–H groups in total. The number of hydrogen-bond donors (Lipinski definition) is 0. The summed E-state index contributed by atoms with van der Waals surface area (Å²) in [5, 5.41) is 0. The summed E-state index contributed by atoms with van der Waals surface area (Å²) in [5.74, 6) is -0.269. The first-order valence-corrected chi connectivity index (χ1v) is 3.70. The van der Waals surface area contributed by atoms with Crippen molar-refractivity contribution in [1.29, 1.82) is 0 Å². The highest BCUT2D eigenvalue weighted by Crippen LogP contribution is 2.33. The third-order valence-corrected chi connectivity index (χ3v) is 2.00. The number of rotatable bonds is 0. The lowest BCUT2D eigenvalue weighted by atomic mass is 10.0. The van der Waals surface area contributed by atoms with E-state index in [1.807, 2.05) is 0 Å². The number of hydrogen-bond acceptors (Lipinski definition) is 2. The van der Waals surface area contributed by atoms with Crippen molar-refractivity contribution in [1.82, 2.24) is 0 Å². The Labute approximate surface area is 60.8 Å². The molecule has 1 fully saturated rings. The van der Waals surface area contributed by atoms with Crippen LogP contribution in [0.15, 0.2) is 12.2 Å². The van der Waals surface area contributed by atoms with Gasteiger partial charge in [-0.2, -0.15) is 0 Å². The van der Waals surface area contributed by atoms with E-state index in [0.29, 0.717) is 6.61 Å². The van der Waals surface area contributed by atoms with Crippen LogP contribution in [0, 0.1) is 6.61 Å². The third kappa shape index (κ3) is 0.976. The fourth-order valence-corrected chi connectivity index (χ4v) is 1.43. The Kier molecular flexibility index (Phi) is 1.51. The largest absolute Gasteiger partial charge is 0.347 e. The fourth-order valence-electron chi connectivity index (χ4n) is 1.43. The zero-order valence-corrected chi connectivity index (χ0v) is 5.88. The second-order valence-corrected chi connectivity index (χ2v) is 2.72. The van der Waals surface area contributed by atoms with Gasteiger partial charge in [-0.3, -0.25) is 0 Å². The van der Waals surface area contributed by atoms with E-state index < -0.39 is 0 Å². The Morgan fingerprint density at radius 3 is 2.90 bits per heavy atom. The second kappa shape index (κ2) is 2.36. The molecule has 1 aliphatic carbocycles. The van der Waals surface area contributed by atoms with E-state index in [4.69, 9.17) is 9.47 Å². The average Bonchev–Trinajstić information content (AvgIpc) is 2.39. The minimum atomic E-state index is -0.269. The van der Waals surface area contributed by atoms with Gasteiger partial charge in [-0.05, 0) is 6.42 Å². The Balaban J connectivity index is 2.06. The van der Waals surface area contributed by atoms with E-state index in [9.17, 15) is 0 Å². The fraction of sp³-hybridized carbons (Fsp3) is 0.625. The van der Waals surface area contributed by atoms with Gasteiger partial charge in [0.05, 0.1) is 6.61 Å². The van der Waals surface area contributed by atoms with Gasteiger partial charge in [0.1, 0.15) is 6.61 Å². The van der Waals surface area contributed by atoms with Crippen LogP contribution in [0.5, 0.6) is 0 Å². The molecule has 1 saturated heterocycles. The molecule has 0 aromatic carbocycles. The quantitative estimate of drug-likeness (QED) is 0.475. The molecule has 10 heavy (non-hydrogen) atoms. The summed E-state index contributed by atoms with van der Waals surface area (Å²) in [4.78, 5) is 0. The summed E-state index contributed by atoms with van der Waals surface area (Å²) in [6, 6.07) is 0. The highest BCUT2D eigenvalue weighted by atomic mass is 16.7. The number of ether oxygens (including phenoxy) is 2. The van der Waals surface area contributed by atoms with Crippen LogP contribution in [0.4, 0.5) is 0 Å². The first-order valence-electron chi connectivity index (χ1n) is 3.70. The summed E-state index contributed by atoms with van der Waals surface area (Å²) in [7, 11) is 0. The van der Waals surface area contributed by atoms with Crippen molar-refractivity contribution in [3.05, 3.63) is 18.8 Å². The van der Waals surface area contributed by atoms with Crippen LogP contribution in [0.2, 0.25) is 0 Å². The lowest BCUT2D eigenvalue weighted by Gasteiger charge is -2.27. The van der Waals surface area contributed by atoms with E-state index >= 15 is 0 Å². The molecule has 0 aromatic rings. The van der Waals surface area contributed by atoms with Crippen LogP contribution >= 0.6 is 0 Å². The lowest BCUT2D eigenvalue weighted by Crippen LogP contribution is -2.30. The molecule has 55 valence electrons. The van der Waals surface area contributed by atoms with Gasteiger partial charge >= 0.3 is 0 Å². The van der Waals surface area contributed by atoms with E-state index in [0.717, 1.165) is 19.3 Å². The van der Waals surface area contributed by atoms with Crippen LogP contribution in [-0.2, 0) is 9.47 Å². The van der Waals surface area contributed by atoms with Gasteiger partial charge in [-0.15, -0.1) is 0 Å². The van der Waals surface area contributed by atoms with E-state index in [1.165, 1.54) is 0 Å². The molecule has 1 spiro atoms. The standard InChI is InChI=1S/C8H11O2/c1-2-4-8(5-3-1)9-6-7-10-8/h1-2,6H,3-5,7H2. The molecule has 1 aliphatic heterocycles. The van der Waals surface area contributed by atoms with E-state index in [1.54, 1.807) is 6.61 Å². The van der Waals surface area contributed by atoms with Crippen molar-refractivity contribution in [2.75, 3.05) is 6.61 Å². The molecule has 2 nitrogen and oxygen atoms in total. The number of allylic oxidation sites excluding steroid dienone is 1. The van der Waals surface area contributed by atoms with Crippen molar-refractivity contribution < 1.29 is 9.47 Å². The summed E-state index contributed by atoms with van der Waals surface area (Å²) in [6.45, 7) is 2.40. The molecule has 1 radical (unpaired) electrons. The van der Waals surface area contributed by atoms with Crippen LogP contribution in [0.1, 0.15) is 19.3 Å². The van der Waals surface area contributed by atoms with Gasteiger partial charge in [-0.1, -0.05) is 12.2 Å². The van der Waals surface area contributed by atoms with Crippen LogP contribution in [-0.4, -0.2) is 12.4 Å². The topological polar surface area (TPSA) is 18.5 Å². The van der Waals surface area contributed by atoms with Crippen LogP contribution < -0.4 is 0 Å². The molecule has 2 rings (SSSR count). The average molecular weight is 139 g/mol. The molecule has 0 saturated carbocycles. The molecule has 2 aliphatic rings. The Hall–Kier alpha value is -0.340. The first kappa shape index (κ1) is 6.38. The normalized spacial score (nSPS) is 29.6. The summed E-state index contributed by atoms with van der Waals surface area (Å²) < 4.78 is 10.8. The molecule has 1 unspecified atom stereocenters. The maximum atomic E-state index is 5.45. The molecular formula is C8H11O2. The third-order valence-electron chi connectivity index (χ3n) is 2.00.